The number of carbonyl (C=O) groups is 1. The van der Waals surface area contributed by atoms with Crippen LogP contribution < -0.4 is 5.73 Å². The van der Waals surface area contributed by atoms with Crippen molar-refractivity contribution in [3.63, 3.8) is 0 Å². The highest BCUT2D eigenvalue weighted by molar-refractivity contribution is 6.31. The fraction of sp³-hybridized carbons (Fsp3) is 0.462. The van der Waals surface area contributed by atoms with Crippen molar-refractivity contribution in [1.29, 1.82) is 0 Å². The Balaban J connectivity index is 2.58. The maximum Gasteiger partial charge on any atom is 0.154 e. The molecular formula is C13H17ClFNO2. The highest BCUT2D eigenvalue weighted by atomic mass is 35.5. The largest absolute Gasteiger partial charge is 0.385 e. The zero-order chi connectivity index (χ0) is 13.5. The minimum Gasteiger partial charge on any atom is -0.385 e. The molecule has 0 aliphatic carbocycles. The third-order valence-corrected chi connectivity index (χ3v) is 3.04. The second-order valence-electron chi connectivity index (χ2n) is 4.08. The van der Waals surface area contributed by atoms with E-state index in [9.17, 15) is 9.18 Å². The van der Waals surface area contributed by atoms with Gasteiger partial charge in [0.05, 0.1) is 6.04 Å². The van der Waals surface area contributed by atoms with Gasteiger partial charge in [-0.05, 0) is 25.0 Å². The minimum absolute atomic E-state index is 0.0698. The number of ketones is 1. The standard InChI is InChI=1S/C13H17ClFNO2/c1-18-7-3-6-12(16)13(17)8-9-10(14)4-2-5-11(9)15/h2,4-5,12H,3,6-8,16H2,1H3. The minimum atomic E-state index is -0.601. The predicted octanol–water partition coefficient (Wildman–Crippen LogP) is 2.34. The second-order valence-corrected chi connectivity index (χ2v) is 4.49. The quantitative estimate of drug-likeness (QED) is 0.776. The summed E-state index contributed by atoms with van der Waals surface area (Å²) >= 11 is 5.85. The van der Waals surface area contributed by atoms with Crippen LogP contribution in [0.3, 0.4) is 0 Å². The number of carbonyl (C=O) groups excluding carboxylic acids is 1. The molecule has 0 amide bonds. The molecule has 1 aromatic rings. The van der Waals surface area contributed by atoms with E-state index in [2.05, 4.69) is 0 Å². The average molecular weight is 274 g/mol. The number of nitrogens with two attached hydrogens (primary N) is 1. The van der Waals surface area contributed by atoms with Crippen LogP contribution >= 0.6 is 11.6 Å². The molecule has 0 heterocycles. The number of halogens is 2. The van der Waals surface area contributed by atoms with Crippen molar-refractivity contribution < 1.29 is 13.9 Å². The SMILES string of the molecule is COCCCC(N)C(=O)Cc1c(F)cccc1Cl. The summed E-state index contributed by atoms with van der Waals surface area (Å²) < 4.78 is 18.4. The van der Waals surface area contributed by atoms with E-state index in [0.717, 1.165) is 0 Å². The van der Waals surface area contributed by atoms with Crippen LogP contribution in [0.4, 0.5) is 4.39 Å². The first-order chi connectivity index (χ1) is 8.56. The molecule has 0 aromatic heterocycles. The molecule has 0 radical (unpaired) electrons. The van der Waals surface area contributed by atoms with Gasteiger partial charge in [0.25, 0.3) is 0 Å². The van der Waals surface area contributed by atoms with Crippen LogP contribution in [0.5, 0.6) is 0 Å². The first-order valence-corrected chi connectivity index (χ1v) is 6.14. The molecule has 0 aliphatic heterocycles. The Morgan fingerprint density at radius 1 is 1.56 bits per heavy atom. The monoisotopic (exact) mass is 273 g/mol. The molecule has 0 saturated carbocycles. The van der Waals surface area contributed by atoms with Crippen LogP contribution in [0, 0.1) is 5.82 Å². The van der Waals surface area contributed by atoms with Crippen molar-refractivity contribution in [1.82, 2.24) is 0 Å². The number of benzene rings is 1. The van der Waals surface area contributed by atoms with Gasteiger partial charge in [0.2, 0.25) is 0 Å². The Kier molecular flexibility index (Phi) is 6.25. The zero-order valence-electron chi connectivity index (χ0n) is 10.3. The Hall–Kier alpha value is -0.970. The van der Waals surface area contributed by atoms with Gasteiger partial charge in [-0.2, -0.15) is 0 Å². The fourth-order valence-electron chi connectivity index (χ4n) is 1.62. The summed E-state index contributed by atoms with van der Waals surface area (Å²) in [4.78, 5) is 11.8. The Morgan fingerprint density at radius 3 is 2.89 bits per heavy atom. The van der Waals surface area contributed by atoms with Gasteiger partial charge in [-0.25, -0.2) is 4.39 Å². The molecule has 100 valence electrons. The molecule has 1 atom stereocenters. The van der Waals surface area contributed by atoms with Crippen LogP contribution in [0.15, 0.2) is 18.2 Å². The summed E-state index contributed by atoms with van der Waals surface area (Å²) in [6, 6.07) is 3.74. The summed E-state index contributed by atoms with van der Waals surface area (Å²) in [6.45, 7) is 0.557. The van der Waals surface area contributed by atoms with Crippen molar-refractivity contribution in [3.8, 4) is 0 Å². The van der Waals surface area contributed by atoms with E-state index in [0.29, 0.717) is 19.4 Å². The summed E-state index contributed by atoms with van der Waals surface area (Å²) in [6.07, 6.45) is 1.16. The molecule has 1 rings (SSSR count). The molecule has 3 nitrogen and oxygen atoms in total. The van der Waals surface area contributed by atoms with Gasteiger partial charge in [-0.3, -0.25) is 4.79 Å². The molecule has 0 saturated heterocycles. The lowest BCUT2D eigenvalue weighted by Gasteiger charge is -2.11. The number of methoxy groups -OCH3 is 1. The van der Waals surface area contributed by atoms with Crippen LogP contribution in [-0.2, 0) is 16.0 Å². The normalized spacial score (nSPS) is 12.4. The number of ether oxygens (including phenoxy) is 1. The van der Waals surface area contributed by atoms with E-state index in [-0.39, 0.29) is 22.8 Å². The maximum absolute atomic E-state index is 13.5. The van der Waals surface area contributed by atoms with Crippen LogP contribution in [0.2, 0.25) is 5.02 Å². The van der Waals surface area contributed by atoms with E-state index >= 15 is 0 Å². The number of hydrogen-bond acceptors (Lipinski definition) is 3. The summed E-state index contributed by atoms with van der Waals surface area (Å²) in [7, 11) is 1.59. The van der Waals surface area contributed by atoms with Gasteiger partial charge in [0.15, 0.2) is 5.78 Å². The lowest BCUT2D eigenvalue weighted by molar-refractivity contribution is -0.119. The van der Waals surface area contributed by atoms with Gasteiger partial charge in [-0.1, -0.05) is 17.7 Å². The van der Waals surface area contributed by atoms with Crippen molar-refractivity contribution in [2.24, 2.45) is 5.73 Å². The number of rotatable bonds is 7. The third-order valence-electron chi connectivity index (χ3n) is 2.69. The second kappa shape index (κ2) is 7.46. The number of hydrogen-bond donors (Lipinski definition) is 1. The van der Waals surface area contributed by atoms with Crippen LogP contribution in [-0.4, -0.2) is 25.5 Å². The molecule has 0 aliphatic rings. The van der Waals surface area contributed by atoms with Crippen molar-refractivity contribution in [3.05, 3.63) is 34.6 Å². The number of Topliss-reactive ketones (excluding diaryl/α,β-unsaturated/α-hetero) is 1. The van der Waals surface area contributed by atoms with E-state index in [1.165, 1.54) is 12.1 Å². The summed E-state index contributed by atoms with van der Waals surface area (Å²) in [5, 5.41) is 0.257. The topological polar surface area (TPSA) is 52.3 Å². The first-order valence-electron chi connectivity index (χ1n) is 5.76. The molecular weight excluding hydrogens is 257 g/mol. The Bertz CT molecular complexity index is 392. The molecule has 18 heavy (non-hydrogen) atoms. The summed E-state index contributed by atoms with van der Waals surface area (Å²) in [5.41, 5.74) is 5.95. The Labute approximate surface area is 111 Å². The molecule has 0 fully saturated rings. The molecule has 0 spiro atoms. The zero-order valence-corrected chi connectivity index (χ0v) is 11.0. The van der Waals surface area contributed by atoms with Gasteiger partial charge in [-0.15, -0.1) is 0 Å². The third kappa shape index (κ3) is 4.37. The van der Waals surface area contributed by atoms with E-state index < -0.39 is 11.9 Å². The van der Waals surface area contributed by atoms with Crippen molar-refractivity contribution >= 4 is 17.4 Å². The van der Waals surface area contributed by atoms with Crippen molar-refractivity contribution in [2.75, 3.05) is 13.7 Å². The van der Waals surface area contributed by atoms with Gasteiger partial charge >= 0.3 is 0 Å². The fourth-order valence-corrected chi connectivity index (χ4v) is 1.84. The average Bonchev–Trinajstić information content (AvgIpc) is 2.34. The summed E-state index contributed by atoms with van der Waals surface area (Å²) in [5.74, 6) is -0.682. The lowest BCUT2D eigenvalue weighted by Crippen LogP contribution is -2.32. The molecule has 1 unspecified atom stereocenters. The van der Waals surface area contributed by atoms with E-state index in [1.54, 1.807) is 13.2 Å². The predicted molar refractivity (Wildman–Crippen MR) is 69.2 cm³/mol. The first kappa shape index (κ1) is 15.1. The van der Waals surface area contributed by atoms with Crippen molar-refractivity contribution in [2.45, 2.75) is 25.3 Å². The van der Waals surface area contributed by atoms with E-state index in [4.69, 9.17) is 22.1 Å². The smallest absolute Gasteiger partial charge is 0.154 e. The van der Waals surface area contributed by atoms with Gasteiger partial charge < -0.3 is 10.5 Å². The van der Waals surface area contributed by atoms with Gasteiger partial charge in [0.1, 0.15) is 5.82 Å². The highest BCUT2D eigenvalue weighted by Gasteiger charge is 2.17. The molecule has 5 heteroatoms. The molecule has 0 bridgehead atoms. The van der Waals surface area contributed by atoms with Crippen LogP contribution in [0.1, 0.15) is 18.4 Å². The van der Waals surface area contributed by atoms with E-state index in [1.807, 2.05) is 0 Å². The maximum atomic E-state index is 13.5. The Morgan fingerprint density at radius 2 is 2.28 bits per heavy atom. The molecule has 2 N–H and O–H groups in total. The molecule has 1 aromatic carbocycles. The lowest BCUT2D eigenvalue weighted by atomic mass is 10.0. The van der Waals surface area contributed by atoms with Gasteiger partial charge in [0, 0.05) is 30.7 Å². The van der Waals surface area contributed by atoms with Crippen LogP contribution in [0.25, 0.3) is 0 Å². The highest BCUT2D eigenvalue weighted by Crippen LogP contribution is 2.20.